The average molecular weight is 345 g/mol. The zero-order chi connectivity index (χ0) is 18.2. The molecule has 6 nitrogen and oxygen atoms in total. The third-order valence-corrected chi connectivity index (χ3v) is 2.96. The van der Waals surface area contributed by atoms with E-state index in [-0.39, 0.29) is 18.9 Å². The molecule has 1 aromatic rings. The van der Waals surface area contributed by atoms with Crippen LogP contribution in [0.2, 0.25) is 0 Å². The Hall–Kier alpha value is -2.58. The zero-order valence-electron chi connectivity index (χ0n) is 13.0. The first-order valence-corrected chi connectivity index (χ1v) is 7.13. The second-order valence-electron chi connectivity index (χ2n) is 4.99. The van der Waals surface area contributed by atoms with Crippen LogP contribution in [0.4, 0.5) is 13.2 Å². The van der Waals surface area contributed by atoms with Crippen LogP contribution in [0.3, 0.4) is 0 Å². The molecule has 0 heterocycles. The summed E-state index contributed by atoms with van der Waals surface area (Å²) in [5.41, 5.74) is 1.28. The van der Waals surface area contributed by atoms with Gasteiger partial charge in [-0.05, 0) is 18.6 Å². The molecule has 132 valence electrons. The van der Waals surface area contributed by atoms with E-state index < -0.39 is 31.1 Å². The predicted octanol–water partition coefficient (Wildman–Crippen LogP) is 0.910. The molecule has 0 aromatic heterocycles. The molecule has 1 aromatic carbocycles. The number of halogens is 3. The summed E-state index contributed by atoms with van der Waals surface area (Å²) in [7, 11) is 0. The van der Waals surface area contributed by atoms with Crippen LogP contribution in [-0.4, -0.2) is 43.5 Å². The molecule has 3 N–H and O–H groups in total. The molecule has 3 amide bonds. The standard InChI is InChI=1S/C15H18F3N3O3/c1-10-4-2-3-5-11(10)14(24)19-7-6-12(22)20-8-13(23)21-9-15(16,17)18/h2-5H,6-9H2,1H3,(H,19,24)(H,20,22)(H,21,23). The van der Waals surface area contributed by atoms with Crippen molar-refractivity contribution in [1.29, 1.82) is 0 Å². The number of alkyl halides is 3. The minimum atomic E-state index is -4.50. The van der Waals surface area contributed by atoms with E-state index in [0.29, 0.717) is 5.56 Å². The largest absolute Gasteiger partial charge is 0.405 e. The topological polar surface area (TPSA) is 87.3 Å². The Labute approximate surface area is 136 Å². The predicted molar refractivity (Wildman–Crippen MR) is 80.2 cm³/mol. The van der Waals surface area contributed by atoms with Gasteiger partial charge in [-0.25, -0.2) is 0 Å². The van der Waals surface area contributed by atoms with Crippen molar-refractivity contribution in [2.45, 2.75) is 19.5 Å². The molecular formula is C15H18F3N3O3. The maximum absolute atomic E-state index is 11.9. The highest BCUT2D eigenvalue weighted by Crippen LogP contribution is 2.11. The average Bonchev–Trinajstić information content (AvgIpc) is 2.50. The number of rotatable bonds is 7. The second kappa shape index (κ2) is 8.90. The minimum absolute atomic E-state index is 0.0448. The van der Waals surface area contributed by atoms with Crippen molar-refractivity contribution in [3.63, 3.8) is 0 Å². The van der Waals surface area contributed by atoms with Crippen molar-refractivity contribution in [3.8, 4) is 0 Å². The third-order valence-electron chi connectivity index (χ3n) is 2.96. The maximum atomic E-state index is 11.9. The fraction of sp³-hybridized carbons (Fsp3) is 0.400. The smallest absolute Gasteiger partial charge is 0.352 e. The fourth-order valence-corrected chi connectivity index (χ4v) is 1.74. The van der Waals surface area contributed by atoms with Gasteiger partial charge in [0.15, 0.2) is 0 Å². The Morgan fingerprint density at radius 1 is 1.00 bits per heavy atom. The van der Waals surface area contributed by atoms with Gasteiger partial charge in [0.2, 0.25) is 11.8 Å². The van der Waals surface area contributed by atoms with Crippen molar-refractivity contribution >= 4 is 17.7 Å². The number of carbonyl (C=O) groups is 3. The number of hydrogen-bond donors (Lipinski definition) is 3. The van der Waals surface area contributed by atoms with Gasteiger partial charge >= 0.3 is 6.18 Å². The van der Waals surface area contributed by atoms with E-state index in [1.54, 1.807) is 36.5 Å². The lowest BCUT2D eigenvalue weighted by atomic mass is 10.1. The molecule has 0 saturated heterocycles. The summed E-state index contributed by atoms with van der Waals surface area (Å²) in [6.07, 6.45) is -4.59. The number of amides is 3. The summed E-state index contributed by atoms with van der Waals surface area (Å²) >= 11 is 0. The van der Waals surface area contributed by atoms with Crippen molar-refractivity contribution < 1.29 is 27.6 Å². The van der Waals surface area contributed by atoms with E-state index >= 15 is 0 Å². The second-order valence-corrected chi connectivity index (χ2v) is 4.99. The van der Waals surface area contributed by atoms with E-state index in [1.165, 1.54) is 0 Å². The summed E-state index contributed by atoms with van der Waals surface area (Å²) in [6.45, 7) is -0.181. The lowest BCUT2D eigenvalue weighted by molar-refractivity contribution is -0.138. The van der Waals surface area contributed by atoms with Crippen LogP contribution >= 0.6 is 0 Å². The van der Waals surface area contributed by atoms with Gasteiger partial charge in [0.25, 0.3) is 5.91 Å². The number of nitrogens with one attached hydrogen (secondary N) is 3. The molecule has 0 spiro atoms. The van der Waals surface area contributed by atoms with Gasteiger partial charge in [-0.2, -0.15) is 13.2 Å². The molecule has 0 aliphatic carbocycles. The Morgan fingerprint density at radius 3 is 2.29 bits per heavy atom. The Balaban J connectivity index is 2.24. The quantitative estimate of drug-likeness (QED) is 0.686. The van der Waals surface area contributed by atoms with Gasteiger partial charge in [-0.15, -0.1) is 0 Å². The van der Waals surface area contributed by atoms with Crippen molar-refractivity contribution in [3.05, 3.63) is 35.4 Å². The van der Waals surface area contributed by atoms with Crippen LogP contribution < -0.4 is 16.0 Å². The lowest BCUT2D eigenvalue weighted by Crippen LogP contribution is -2.41. The van der Waals surface area contributed by atoms with E-state index in [0.717, 1.165) is 5.56 Å². The molecule has 0 fully saturated rings. The summed E-state index contributed by atoms with van der Waals surface area (Å²) in [5, 5.41) is 6.36. The molecule has 1 rings (SSSR count). The summed E-state index contributed by atoms with van der Waals surface area (Å²) in [6, 6.07) is 6.94. The van der Waals surface area contributed by atoms with E-state index in [4.69, 9.17) is 0 Å². The summed E-state index contributed by atoms with van der Waals surface area (Å²) in [5.74, 6) is -1.82. The highest BCUT2D eigenvalue weighted by molar-refractivity contribution is 5.95. The van der Waals surface area contributed by atoms with Gasteiger partial charge < -0.3 is 16.0 Å². The first-order chi connectivity index (χ1) is 11.2. The van der Waals surface area contributed by atoms with Gasteiger partial charge in [0, 0.05) is 18.5 Å². The highest BCUT2D eigenvalue weighted by atomic mass is 19.4. The Kier molecular flexibility index (Phi) is 7.22. The number of aryl methyl sites for hydroxylation is 1. The molecule has 24 heavy (non-hydrogen) atoms. The Morgan fingerprint density at radius 2 is 1.67 bits per heavy atom. The first-order valence-electron chi connectivity index (χ1n) is 7.13. The summed E-state index contributed by atoms with van der Waals surface area (Å²) in [4.78, 5) is 34.5. The van der Waals surface area contributed by atoms with Crippen LogP contribution in [0.15, 0.2) is 24.3 Å². The first kappa shape index (κ1) is 19.5. The van der Waals surface area contributed by atoms with Gasteiger partial charge in [-0.3, -0.25) is 14.4 Å². The SMILES string of the molecule is Cc1ccccc1C(=O)NCCC(=O)NCC(=O)NCC(F)(F)F. The maximum Gasteiger partial charge on any atom is 0.405 e. The summed E-state index contributed by atoms with van der Waals surface area (Å²) < 4.78 is 35.6. The molecule has 0 atom stereocenters. The molecule has 0 radical (unpaired) electrons. The molecule has 0 aliphatic heterocycles. The molecular weight excluding hydrogens is 327 g/mol. The molecule has 9 heteroatoms. The minimum Gasteiger partial charge on any atom is -0.352 e. The van der Waals surface area contributed by atoms with E-state index in [2.05, 4.69) is 10.6 Å². The number of hydrogen-bond acceptors (Lipinski definition) is 3. The zero-order valence-corrected chi connectivity index (χ0v) is 13.0. The normalized spacial score (nSPS) is 10.8. The Bertz CT molecular complexity index is 603. The van der Waals surface area contributed by atoms with Crippen LogP contribution in [0.1, 0.15) is 22.3 Å². The molecule has 0 aliphatic rings. The van der Waals surface area contributed by atoms with Crippen molar-refractivity contribution in [2.24, 2.45) is 0 Å². The van der Waals surface area contributed by atoms with Crippen LogP contribution in [0.25, 0.3) is 0 Å². The fourth-order valence-electron chi connectivity index (χ4n) is 1.74. The molecule has 0 bridgehead atoms. The van der Waals surface area contributed by atoms with Crippen molar-refractivity contribution in [2.75, 3.05) is 19.6 Å². The third kappa shape index (κ3) is 7.61. The van der Waals surface area contributed by atoms with Gasteiger partial charge in [0.05, 0.1) is 6.54 Å². The number of benzene rings is 1. The van der Waals surface area contributed by atoms with Crippen LogP contribution in [-0.2, 0) is 9.59 Å². The van der Waals surface area contributed by atoms with Crippen molar-refractivity contribution in [1.82, 2.24) is 16.0 Å². The lowest BCUT2D eigenvalue weighted by Gasteiger charge is -2.10. The monoisotopic (exact) mass is 345 g/mol. The van der Waals surface area contributed by atoms with Crippen LogP contribution in [0.5, 0.6) is 0 Å². The van der Waals surface area contributed by atoms with E-state index in [1.807, 2.05) is 0 Å². The van der Waals surface area contributed by atoms with Gasteiger partial charge in [0.1, 0.15) is 6.54 Å². The molecule has 0 saturated carbocycles. The van der Waals surface area contributed by atoms with E-state index in [9.17, 15) is 27.6 Å². The molecule has 0 unspecified atom stereocenters. The van der Waals surface area contributed by atoms with Crippen LogP contribution in [0, 0.1) is 6.92 Å². The number of carbonyl (C=O) groups excluding carboxylic acids is 3. The highest BCUT2D eigenvalue weighted by Gasteiger charge is 2.27. The van der Waals surface area contributed by atoms with Gasteiger partial charge in [-0.1, -0.05) is 18.2 Å².